The Morgan fingerprint density at radius 1 is 1.33 bits per heavy atom. The molecule has 3 rings (SSSR count). The van der Waals surface area contributed by atoms with Crippen LogP contribution in [0.3, 0.4) is 0 Å². The summed E-state index contributed by atoms with van der Waals surface area (Å²) in [5.74, 6) is -0.584. The van der Waals surface area contributed by atoms with Gasteiger partial charge in [0.25, 0.3) is 5.69 Å². The molecule has 7 heteroatoms. The maximum atomic E-state index is 13.2. The molecule has 0 N–H and O–H groups in total. The van der Waals surface area contributed by atoms with Crippen LogP contribution in [0.5, 0.6) is 0 Å². The molecule has 0 aliphatic carbocycles. The van der Waals surface area contributed by atoms with E-state index in [2.05, 4.69) is 9.55 Å². The molecule has 0 atom stereocenters. The molecule has 0 bridgehead atoms. The van der Waals surface area contributed by atoms with Crippen molar-refractivity contribution in [2.45, 2.75) is 18.9 Å². The van der Waals surface area contributed by atoms with Crippen molar-refractivity contribution in [3.63, 3.8) is 0 Å². The van der Waals surface area contributed by atoms with E-state index in [1.165, 1.54) is 12.1 Å². The number of piperidine rings is 1. The van der Waals surface area contributed by atoms with Gasteiger partial charge in [-0.3, -0.25) is 10.1 Å². The Kier molecular flexibility index (Phi) is 3.55. The molecule has 1 aromatic heterocycles. The van der Waals surface area contributed by atoms with Crippen molar-refractivity contribution < 1.29 is 9.31 Å². The minimum absolute atomic E-state index is 0.170. The lowest BCUT2D eigenvalue weighted by atomic mass is 10.0. The summed E-state index contributed by atoms with van der Waals surface area (Å²) in [6, 6.07) is 4.11. The summed E-state index contributed by atoms with van der Waals surface area (Å²) in [4.78, 5) is 16.5. The van der Waals surface area contributed by atoms with E-state index in [9.17, 15) is 14.5 Å². The van der Waals surface area contributed by atoms with Crippen LogP contribution in [-0.4, -0.2) is 27.6 Å². The standard InChI is InChI=1S/C14H15FN4O2/c15-11-1-2-13(14(9-11)19(20)21)17-6-3-12(4-7-17)18-8-5-16-10-18/h1-2,5,8-10,12H,3-4,6-7H2. The van der Waals surface area contributed by atoms with Crippen LogP contribution in [0.2, 0.25) is 0 Å². The van der Waals surface area contributed by atoms with Gasteiger partial charge >= 0.3 is 0 Å². The van der Waals surface area contributed by atoms with Crippen molar-refractivity contribution in [3.05, 3.63) is 52.9 Å². The summed E-state index contributed by atoms with van der Waals surface area (Å²) in [5, 5.41) is 11.1. The normalized spacial score (nSPS) is 16.1. The van der Waals surface area contributed by atoms with Crippen molar-refractivity contribution >= 4 is 11.4 Å². The molecule has 2 heterocycles. The first kappa shape index (κ1) is 13.5. The minimum atomic E-state index is -0.584. The van der Waals surface area contributed by atoms with Gasteiger partial charge in [0.15, 0.2) is 0 Å². The van der Waals surface area contributed by atoms with Gasteiger partial charge in [-0.05, 0) is 25.0 Å². The monoisotopic (exact) mass is 290 g/mol. The second-order valence-corrected chi connectivity index (χ2v) is 5.12. The number of aromatic nitrogens is 2. The second kappa shape index (κ2) is 5.51. The van der Waals surface area contributed by atoms with Crippen LogP contribution in [0.25, 0.3) is 0 Å². The fourth-order valence-corrected chi connectivity index (χ4v) is 2.80. The highest BCUT2D eigenvalue weighted by Gasteiger charge is 2.25. The molecule has 2 aromatic rings. The van der Waals surface area contributed by atoms with Gasteiger partial charge in [-0.2, -0.15) is 0 Å². The maximum Gasteiger partial charge on any atom is 0.295 e. The lowest BCUT2D eigenvalue weighted by Crippen LogP contribution is -2.34. The van der Waals surface area contributed by atoms with Crippen molar-refractivity contribution in [1.82, 2.24) is 9.55 Å². The van der Waals surface area contributed by atoms with Gasteiger partial charge in [0.2, 0.25) is 0 Å². The van der Waals surface area contributed by atoms with Gasteiger partial charge in [-0.1, -0.05) is 0 Å². The lowest BCUT2D eigenvalue weighted by Gasteiger charge is -2.33. The molecule has 0 saturated carbocycles. The zero-order valence-electron chi connectivity index (χ0n) is 11.4. The Morgan fingerprint density at radius 3 is 2.71 bits per heavy atom. The number of benzene rings is 1. The van der Waals surface area contributed by atoms with Gasteiger partial charge < -0.3 is 9.47 Å². The summed E-state index contributed by atoms with van der Waals surface area (Å²) in [7, 11) is 0. The van der Waals surface area contributed by atoms with E-state index in [0.717, 1.165) is 18.9 Å². The summed E-state index contributed by atoms with van der Waals surface area (Å²) in [6.07, 6.45) is 7.23. The molecule has 0 unspecified atom stereocenters. The van der Waals surface area contributed by atoms with Crippen LogP contribution in [0.15, 0.2) is 36.9 Å². The number of imidazole rings is 1. The number of nitro groups is 1. The maximum absolute atomic E-state index is 13.2. The molecular weight excluding hydrogens is 275 g/mol. The molecule has 1 saturated heterocycles. The summed E-state index contributed by atoms with van der Waals surface area (Å²) in [5.41, 5.74) is 0.321. The highest BCUT2D eigenvalue weighted by molar-refractivity contribution is 5.63. The second-order valence-electron chi connectivity index (χ2n) is 5.12. The van der Waals surface area contributed by atoms with Crippen LogP contribution in [0.1, 0.15) is 18.9 Å². The van der Waals surface area contributed by atoms with Crippen LogP contribution < -0.4 is 4.90 Å². The van der Waals surface area contributed by atoms with Crippen LogP contribution in [-0.2, 0) is 0 Å². The molecule has 6 nitrogen and oxygen atoms in total. The van der Waals surface area contributed by atoms with E-state index < -0.39 is 10.7 Å². The van der Waals surface area contributed by atoms with Crippen molar-refractivity contribution in [1.29, 1.82) is 0 Å². The highest BCUT2D eigenvalue weighted by Crippen LogP contribution is 2.33. The molecule has 21 heavy (non-hydrogen) atoms. The first-order chi connectivity index (χ1) is 10.1. The number of halogens is 1. The van der Waals surface area contributed by atoms with E-state index in [-0.39, 0.29) is 5.69 Å². The molecule has 110 valence electrons. The topological polar surface area (TPSA) is 64.2 Å². The molecule has 1 aliphatic rings. The molecule has 1 aromatic carbocycles. The van der Waals surface area contributed by atoms with E-state index >= 15 is 0 Å². The number of anilines is 1. The van der Waals surface area contributed by atoms with Crippen molar-refractivity contribution in [2.24, 2.45) is 0 Å². The Bertz CT molecular complexity index is 636. The van der Waals surface area contributed by atoms with Gasteiger partial charge in [0.1, 0.15) is 11.5 Å². The smallest absolute Gasteiger partial charge is 0.295 e. The molecule has 0 amide bonds. The average Bonchev–Trinajstić information content (AvgIpc) is 3.01. The van der Waals surface area contributed by atoms with Crippen LogP contribution in [0, 0.1) is 15.9 Å². The SMILES string of the molecule is O=[N+]([O-])c1cc(F)ccc1N1CCC(n2ccnc2)CC1. The van der Waals surface area contributed by atoms with Crippen LogP contribution >= 0.6 is 0 Å². The quantitative estimate of drug-likeness (QED) is 0.644. The fraction of sp³-hybridized carbons (Fsp3) is 0.357. The Balaban J connectivity index is 1.76. The van der Waals surface area contributed by atoms with E-state index in [1.54, 1.807) is 12.5 Å². The minimum Gasteiger partial charge on any atom is -0.366 e. The largest absolute Gasteiger partial charge is 0.366 e. The molecule has 0 spiro atoms. The molecule has 0 radical (unpaired) electrons. The Labute approximate surface area is 121 Å². The zero-order chi connectivity index (χ0) is 14.8. The van der Waals surface area contributed by atoms with Crippen molar-refractivity contribution in [3.8, 4) is 0 Å². The summed E-state index contributed by atoms with van der Waals surface area (Å²) >= 11 is 0. The number of hydrogen-bond acceptors (Lipinski definition) is 4. The van der Waals surface area contributed by atoms with Gasteiger partial charge in [-0.15, -0.1) is 0 Å². The van der Waals surface area contributed by atoms with Gasteiger partial charge in [0.05, 0.1) is 17.3 Å². The summed E-state index contributed by atoms with van der Waals surface area (Å²) < 4.78 is 15.3. The Morgan fingerprint density at radius 2 is 2.10 bits per heavy atom. The van der Waals surface area contributed by atoms with Gasteiger partial charge in [0, 0.05) is 31.5 Å². The predicted octanol–water partition coefficient (Wildman–Crippen LogP) is 2.77. The van der Waals surface area contributed by atoms with Crippen LogP contribution in [0.4, 0.5) is 15.8 Å². The predicted molar refractivity (Wildman–Crippen MR) is 75.8 cm³/mol. The molecular formula is C14H15FN4O2. The van der Waals surface area contributed by atoms with E-state index in [1.807, 2.05) is 11.1 Å². The first-order valence-electron chi connectivity index (χ1n) is 6.81. The Hall–Kier alpha value is -2.44. The lowest BCUT2D eigenvalue weighted by molar-refractivity contribution is -0.384. The van der Waals surface area contributed by atoms with Gasteiger partial charge in [-0.25, -0.2) is 9.37 Å². The number of hydrogen-bond donors (Lipinski definition) is 0. The first-order valence-corrected chi connectivity index (χ1v) is 6.81. The summed E-state index contributed by atoms with van der Waals surface area (Å²) in [6.45, 7) is 1.41. The third kappa shape index (κ3) is 2.72. The zero-order valence-corrected chi connectivity index (χ0v) is 11.4. The molecule has 1 fully saturated rings. The molecule has 1 aliphatic heterocycles. The number of rotatable bonds is 3. The van der Waals surface area contributed by atoms with Crippen molar-refractivity contribution in [2.75, 3.05) is 18.0 Å². The number of nitrogens with zero attached hydrogens (tertiary/aromatic N) is 4. The van der Waals surface area contributed by atoms with E-state index in [4.69, 9.17) is 0 Å². The van der Waals surface area contributed by atoms with E-state index in [0.29, 0.717) is 24.8 Å². The average molecular weight is 290 g/mol. The fourth-order valence-electron chi connectivity index (χ4n) is 2.80. The number of nitro benzene ring substituents is 1. The third-order valence-corrected chi connectivity index (χ3v) is 3.89. The third-order valence-electron chi connectivity index (χ3n) is 3.89. The highest BCUT2D eigenvalue weighted by atomic mass is 19.1.